The van der Waals surface area contributed by atoms with Crippen LogP contribution in [0.2, 0.25) is 0 Å². The van der Waals surface area contributed by atoms with Crippen molar-refractivity contribution < 1.29 is 42.3 Å². The lowest BCUT2D eigenvalue weighted by atomic mass is 9.88. The molecular formula is C18H22N2O9S2. The number of amides is 1. The van der Waals surface area contributed by atoms with Crippen molar-refractivity contribution in [3.63, 3.8) is 0 Å². The average molecular weight is 475 g/mol. The van der Waals surface area contributed by atoms with E-state index in [2.05, 4.69) is 0 Å². The van der Waals surface area contributed by atoms with Gasteiger partial charge in [-0.25, -0.2) is 4.79 Å². The number of hydrogen-bond donors (Lipinski definition) is 4. The van der Waals surface area contributed by atoms with E-state index in [-0.39, 0.29) is 23.0 Å². The maximum atomic E-state index is 12.0. The number of fused-ring (bicyclic) bond motifs is 1. The van der Waals surface area contributed by atoms with Crippen molar-refractivity contribution >= 4 is 39.7 Å². The minimum absolute atomic E-state index is 0.0666. The Morgan fingerprint density at radius 1 is 1.32 bits per heavy atom. The Morgan fingerprint density at radius 2 is 1.90 bits per heavy atom. The Kier molecular flexibility index (Phi) is 7.49. The van der Waals surface area contributed by atoms with Crippen molar-refractivity contribution in [3.8, 4) is 0 Å². The van der Waals surface area contributed by atoms with Crippen molar-refractivity contribution in [1.29, 1.82) is 0 Å². The van der Waals surface area contributed by atoms with Crippen molar-refractivity contribution in [2.45, 2.75) is 29.7 Å². The summed E-state index contributed by atoms with van der Waals surface area (Å²) in [6.45, 7) is 2.32. The fourth-order valence-electron chi connectivity index (χ4n) is 2.87. The SMILES string of the molecule is CC(=O)OCC1=C(C(=O)O)N2C(=O)[C@](N)(CO)[C@H]2SC1.Cc1ccc(S(=O)(=O)O)cc1. The highest BCUT2D eigenvalue weighted by Gasteiger charge is 2.62. The fraction of sp³-hybridized carbons (Fsp3) is 0.389. The molecule has 2 aliphatic rings. The molecule has 1 fully saturated rings. The highest BCUT2D eigenvalue weighted by molar-refractivity contribution is 8.00. The maximum Gasteiger partial charge on any atom is 0.352 e. The Hall–Kier alpha value is -2.45. The summed E-state index contributed by atoms with van der Waals surface area (Å²) < 4.78 is 34.3. The molecule has 170 valence electrons. The van der Waals surface area contributed by atoms with E-state index in [0.717, 1.165) is 10.5 Å². The van der Waals surface area contributed by atoms with Crippen LogP contribution in [0.5, 0.6) is 0 Å². The summed E-state index contributed by atoms with van der Waals surface area (Å²) in [4.78, 5) is 35.1. The quantitative estimate of drug-likeness (QED) is 0.250. The van der Waals surface area contributed by atoms with Gasteiger partial charge in [0.25, 0.3) is 16.0 Å². The van der Waals surface area contributed by atoms with E-state index >= 15 is 0 Å². The Bertz CT molecular complexity index is 1020. The number of rotatable bonds is 5. The van der Waals surface area contributed by atoms with E-state index in [4.69, 9.17) is 15.0 Å². The number of aliphatic carboxylic acids is 1. The van der Waals surface area contributed by atoms with Crippen LogP contribution in [0.3, 0.4) is 0 Å². The third kappa shape index (κ3) is 5.25. The van der Waals surface area contributed by atoms with Crippen LogP contribution >= 0.6 is 11.8 Å². The zero-order valence-electron chi connectivity index (χ0n) is 16.6. The van der Waals surface area contributed by atoms with Gasteiger partial charge < -0.3 is 20.7 Å². The van der Waals surface area contributed by atoms with Crippen LogP contribution in [-0.2, 0) is 29.2 Å². The molecule has 0 unspecified atom stereocenters. The van der Waals surface area contributed by atoms with Gasteiger partial charge in [-0.2, -0.15) is 8.42 Å². The predicted octanol–water partition coefficient (Wildman–Crippen LogP) is -0.265. The number of hydrogen-bond acceptors (Lipinski definition) is 9. The molecule has 13 heteroatoms. The molecule has 3 rings (SSSR count). The number of thioether (sulfide) groups is 1. The van der Waals surface area contributed by atoms with Gasteiger partial charge >= 0.3 is 11.9 Å². The second-order valence-corrected chi connectivity index (χ2v) is 9.35. The third-order valence-corrected chi connectivity index (χ3v) is 6.85. The van der Waals surface area contributed by atoms with Crippen LogP contribution in [0.25, 0.3) is 0 Å². The number of aliphatic hydroxyl groups excluding tert-OH is 1. The number of nitrogens with two attached hydrogens (primary N) is 1. The van der Waals surface area contributed by atoms with E-state index < -0.39 is 45.5 Å². The molecule has 0 aliphatic carbocycles. The van der Waals surface area contributed by atoms with Gasteiger partial charge in [-0.05, 0) is 19.1 Å². The Balaban J connectivity index is 0.000000262. The van der Waals surface area contributed by atoms with Crippen molar-refractivity contribution in [2.24, 2.45) is 5.73 Å². The lowest BCUT2D eigenvalue weighted by molar-refractivity contribution is -0.157. The number of esters is 1. The summed E-state index contributed by atoms with van der Waals surface area (Å²) in [6, 6.07) is 5.99. The highest BCUT2D eigenvalue weighted by Crippen LogP contribution is 2.44. The van der Waals surface area contributed by atoms with Gasteiger partial charge in [-0.1, -0.05) is 17.7 Å². The summed E-state index contributed by atoms with van der Waals surface area (Å²) in [7, 11) is -4.02. The van der Waals surface area contributed by atoms with Gasteiger partial charge in [-0.15, -0.1) is 11.8 Å². The molecule has 11 nitrogen and oxygen atoms in total. The minimum atomic E-state index is -4.02. The molecule has 0 aromatic heterocycles. The largest absolute Gasteiger partial charge is 0.477 e. The van der Waals surface area contributed by atoms with Gasteiger partial charge in [0.15, 0.2) is 0 Å². The topological polar surface area (TPSA) is 185 Å². The number of ether oxygens (including phenoxy) is 1. The second kappa shape index (κ2) is 9.36. The van der Waals surface area contributed by atoms with E-state index in [1.165, 1.54) is 30.8 Å². The zero-order chi connectivity index (χ0) is 23.6. The van der Waals surface area contributed by atoms with Crippen molar-refractivity contribution in [3.05, 3.63) is 41.1 Å². The summed E-state index contributed by atoms with van der Waals surface area (Å²) in [5.74, 6) is -2.20. The number of carboxylic acids is 1. The zero-order valence-corrected chi connectivity index (χ0v) is 18.3. The van der Waals surface area contributed by atoms with Crippen LogP contribution in [-0.4, -0.2) is 75.8 Å². The Labute approximate surface area is 182 Å². The predicted molar refractivity (Wildman–Crippen MR) is 109 cm³/mol. The van der Waals surface area contributed by atoms with Crippen LogP contribution in [0.4, 0.5) is 0 Å². The molecule has 0 saturated carbocycles. The molecular weight excluding hydrogens is 452 g/mol. The smallest absolute Gasteiger partial charge is 0.352 e. The normalized spacial score (nSPS) is 22.7. The molecule has 0 radical (unpaired) electrons. The van der Waals surface area contributed by atoms with Crippen molar-refractivity contribution in [1.82, 2.24) is 4.90 Å². The average Bonchev–Trinajstić information content (AvgIpc) is 2.70. The summed E-state index contributed by atoms with van der Waals surface area (Å²) in [5, 5.41) is 17.8. The molecule has 1 aromatic rings. The molecule has 1 saturated heterocycles. The third-order valence-electron chi connectivity index (χ3n) is 4.52. The number of carbonyl (C=O) groups is 3. The Morgan fingerprint density at radius 3 is 2.35 bits per heavy atom. The van der Waals surface area contributed by atoms with Gasteiger partial charge in [0.05, 0.1) is 11.5 Å². The van der Waals surface area contributed by atoms with Gasteiger partial charge in [-0.3, -0.25) is 19.0 Å². The monoisotopic (exact) mass is 474 g/mol. The van der Waals surface area contributed by atoms with Crippen LogP contribution in [0, 0.1) is 6.92 Å². The first-order valence-electron chi connectivity index (χ1n) is 8.80. The maximum absolute atomic E-state index is 12.0. The van der Waals surface area contributed by atoms with Gasteiger partial charge in [0, 0.05) is 18.2 Å². The summed E-state index contributed by atoms with van der Waals surface area (Å²) in [6.07, 6.45) is 0. The molecule has 1 aromatic carbocycles. The van der Waals surface area contributed by atoms with E-state index in [1.807, 2.05) is 6.92 Å². The number of β-lactam (4-membered cyclic amide) rings is 1. The second-order valence-electron chi connectivity index (χ2n) is 6.86. The van der Waals surface area contributed by atoms with Crippen LogP contribution in [0.15, 0.2) is 40.4 Å². The first kappa shape index (κ1) is 24.8. The number of carbonyl (C=O) groups excluding carboxylic acids is 2. The molecule has 2 atom stereocenters. The number of aryl methyl sites for hydroxylation is 1. The highest BCUT2D eigenvalue weighted by atomic mass is 32.2. The minimum Gasteiger partial charge on any atom is -0.477 e. The lowest BCUT2D eigenvalue weighted by Gasteiger charge is -2.54. The fourth-order valence-corrected chi connectivity index (χ4v) is 4.75. The van der Waals surface area contributed by atoms with E-state index in [1.54, 1.807) is 12.1 Å². The molecule has 2 aliphatic heterocycles. The molecule has 0 spiro atoms. The number of carboxylic acid groups (broad SMARTS) is 1. The molecule has 0 bridgehead atoms. The standard InChI is InChI=1S/C11H14N2O6S.C7H8O3S/c1-5(15)19-2-6-3-20-10-11(12,4-14)9(18)13(10)7(6)8(16)17;1-6-2-4-7(5-3-6)11(8,9)10/h10,14H,2-4,12H2,1H3,(H,16,17);2-5H,1H3,(H,8,9,10)/t10-,11-;/m1./s1. The van der Waals surface area contributed by atoms with E-state index in [0.29, 0.717) is 5.57 Å². The molecule has 31 heavy (non-hydrogen) atoms. The lowest BCUT2D eigenvalue weighted by Crippen LogP contribution is -2.79. The van der Waals surface area contributed by atoms with Gasteiger partial charge in [0.2, 0.25) is 0 Å². The molecule has 1 amide bonds. The molecule has 2 heterocycles. The number of benzene rings is 1. The summed E-state index contributed by atoms with van der Waals surface area (Å²) >= 11 is 1.24. The van der Waals surface area contributed by atoms with Crippen LogP contribution < -0.4 is 5.73 Å². The molecule has 5 N–H and O–H groups in total. The summed E-state index contributed by atoms with van der Waals surface area (Å²) in [5.41, 5.74) is 5.40. The van der Waals surface area contributed by atoms with Gasteiger partial charge in [0.1, 0.15) is 23.2 Å². The number of nitrogens with zero attached hydrogens (tertiary/aromatic N) is 1. The van der Waals surface area contributed by atoms with Crippen molar-refractivity contribution in [2.75, 3.05) is 19.0 Å². The number of aliphatic hydroxyl groups is 1. The first-order chi connectivity index (χ1) is 14.3. The van der Waals surface area contributed by atoms with E-state index in [9.17, 15) is 33.0 Å². The first-order valence-corrected chi connectivity index (χ1v) is 11.3. The van der Waals surface area contributed by atoms with Crippen LogP contribution in [0.1, 0.15) is 12.5 Å².